The molecule has 0 saturated heterocycles. The number of aryl methyl sites for hydroxylation is 1. The summed E-state index contributed by atoms with van der Waals surface area (Å²) in [5.74, 6) is 0.896. The first kappa shape index (κ1) is 17.9. The van der Waals surface area contributed by atoms with E-state index in [1.165, 1.54) is 0 Å². The maximum absolute atomic E-state index is 13.3. The highest BCUT2D eigenvalue weighted by molar-refractivity contribution is 5.94. The molecule has 0 bridgehead atoms. The van der Waals surface area contributed by atoms with E-state index in [-0.39, 0.29) is 17.5 Å². The number of carbonyl (C=O) groups excluding carboxylic acids is 1. The lowest BCUT2D eigenvalue weighted by molar-refractivity contribution is 0.0731. The van der Waals surface area contributed by atoms with Crippen LogP contribution in [0, 0.1) is 0 Å². The van der Waals surface area contributed by atoms with Gasteiger partial charge in [-0.05, 0) is 39.1 Å². The number of nitrogens with zero attached hydrogens (tertiary/aromatic N) is 4. The second-order valence-corrected chi connectivity index (χ2v) is 7.78. The smallest absolute Gasteiger partial charge is 0.259 e. The number of likely N-dealkylation sites (N-methyl/N-ethyl adjacent to an activating group) is 1. The average molecular weight is 366 g/mol. The number of hydrogen-bond donors (Lipinski definition) is 0. The molecule has 6 nitrogen and oxygen atoms in total. The molecular weight excluding hydrogens is 340 g/mol. The van der Waals surface area contributed by atoms with Gasteiger partial charge in [-0.3, -0.25) is 14.2 Å². The van der Waals surface area contributed by atoms with E-state index < -0.39 is 0 Å². The van der Waals surface area contributed by atoms with Crippen LogP contribution in [0.4, 0.5) is 0 Å². The van der Waals surface area contributed by atoms with Crippen molar-refractivity contribution in [1.29, 1.82) is 0 Å². The summed E-state index contributed by atoms with van der Waals surface area (Å²) in [7, 11) is 4.07. The first-order chi connectivity index (χ1) is 13.0. The van der Waals surface area contributed by atoms with Gasteiger partial charge in [-0.1, -0.05) is 18.2 Å². The van der Waals surface area contributed by atoms with Gasteiger partial charge in [0.05, 0.1) is 23.8 Å². The summed E-state index contributed by atoms with van der Waals surface area (Å²) in [6.07, 6.45) is 3.58. The molecule has 3 heterocycles. The Kier molecular flexibility index (Phi) is 4.83. The zero-order valence-corrected chi connectivity index (χ0v) is 16.0. The number of hydrogen-bond acceptors (Lipinski definition) is 4. The SMILES string of the molecule is CN(C)CC1CCCc2nc3c(c(=O)n21)CN(C(=O)c1ccccc1)CC3. The van der Waals surface area contributed by atoms with Crippen LogP contribution in [0.2, 0.25) is 0 Å². The van der Waals surface area contributed by atoms with Crippen molar-refractivity contribution in [2.45, 2.75) is 38.3 Å². The van der Waals surface area contributed by atoms with E-state index >= 15 is 0 Å². The second kappa shape index (κ2) is 7.27. The number of aromatic nitrogens is 2. The first-order valence-corrected chi connectivity index (χ1v) is 9.67. The minimum atomic E-state index is -0.0202. The number of amides is 1. The molecule has 1 atom stereocenters. The number of rotatable bonds is 3. The normalized spacial score (nSPS) is 18.9. The van der Waals surface area contributed by atoms with Crippen molar-refractivity contribution in [3.8, 4) is 0 Å². The predicted octanol–water partition coefficient (Wildman–Crippen LogP) is 1.88. The molecule has 0 spiro atoms. The molecule has 27 heavy (non-hydrogen) atoms. The highest BCUT2D eigenvalue weighted by Crippen LogP contribution is 2.25. The van der Waals surface area contributed by atoms with Crippen molar-refractivity contribution >= 4 is 5.91 Å². The maximum atomic E-state index is 13.3. The van der Waals surface area contributed by atoms with Crippen LogP contribution < -0.4 is 5.56 Å². The highest BCUT2D eigenvalue weighted by Gasteiger charge is 2.30. The molecule has 0 N–H and O–H groups in total. The van der Waals surface area contributed by atoms with E-state index in [2.05, 4.69) is 4.90 Å². The van der Waals surface area contributed by atoms with Gasteiger partial charge < -0.3 is 9.80 Å². The molecule has 0 saturated carbocycles. The van der Waals surface area contributed by atoms with Gasteiger partial charge in [-0.15, -0.1) is 0 Å². The van der Waals surface area contributed by atoms with E-state index in [1.54, 1.807) is 4.90 Å². The van der Waals surface area contributed by atoms with Gasteiger partial charge >= 0.3 is 0 Å². The third-order valence-corrected chi connectivity index (χ3v) is 5.52. The van der Waals surface area contributed by atoms with E-state index in [0.29, 0.717) is 30.6 Å². The third-order valence-electron chi connectivity index (χ3n) is 5.52. The summed E-state index contributed by atoms with van der Waals surface area (Å²) in [4.78, 5) is 34.9. The molecular formula is C21H26N4O2. The fourth-order valence-electron chi connectivity index (χ4n) is 4.25. The van der Waals surface area contributed by atoms with Crippen LogP contribution in [0.5, 0.6) is 0 Å². The summed E-state index contributed by atoms with van der Waals surface area (Å²) >= 11 is 0. The van der Waals surface area contributed by atoms with Crippen LogP contribution in [-0.2, 0) is 19.4 Å². The highest BCUT2D eigenvalue weighted by atomic mass is 16.2. The van der Waals surface area contributed by atoms with Crippen LogP contribution in [0.15, 0.2) is 35.1 Å². The lowest BCUT2D eigenvalue weighted by Gasteiger charge is -2.33. The molecule has 1 unspecified atom stereocenters. The topological polar surface area (TPSA) is 58.4 Å². The lowest BCUT2D eigenvalue weighted by atomic mass is 10.00. The predicted molar refractivity (Wildman–Crippen MR) is 104 cm³/mol. The molecule has 2 aliphatic heterocycles. The van der Waals surface area contributed by atoms with Gasteiger partial charge in [-0.2, -0.15) is 0 Å². The van der Waals surface area contributed by atoms with Crippen molar-refractivity contribution in [2.75, 3.05) is 27.2 Å². The minimum absolute atomic E-state index is 0.0202. The summed E-state index contributed by atoms with van der Waals surface area (Å²) in [6, 6.07) is 9.43. The van der Waals surface area contributed by atoms with E-state index in [1.807, 2.05) is 49.0 Å². The molecule has 2 aliphatic rings. The zero-order chi connectivity index (χ0) is 19.0. The largest absolute Gasteiger partial charge is 0.334 e. The Morgan fingerprint density at radius 2 is 2.00 bits per heavy atom. The Hall–Kier alpha value is -2.47. The summed E-state index contributed by atoms with van der Waals surface area (Å²) in [5.41, 5.74) is 2.29. The summed E-state index contributed by atoms with van der Waals surface area (Å²) in [6.45, 7) is 1.79. The minimum Gasteiger partial charge on any atom is -0.334 e. The van der Waals surface area contributed by atoms with E-state index in [0.717, 1.165) is 37.3 Å². The molecule has 4 rings (SSSR count). The summed E-state index contributed by atoms with van der Waals surface area (Å²) < 4.78 is 1.90. The molecule has 142 valence electrons. The Morgan fingerprint density at radius 1 is 1.22 bits per heavy atom. The van der Waals surface area contributed by atoms with Crippen molar-refractivity contribution in [2.24, 2.45) is 0 Å². The Morgan fingerprint density at radius 3 is 2.74 bits per heavy atom. The number of carbonyl (C=O) groups is 1. The van der Waals surface area contributed by atoms with E-state index in [4.69, 9.17) is 4.98 Å². The Labute approximate surface area is 159 Å². The molecule has 2 aromatic rings. The Bertz CT molecular complexity index is 904. The molecule has 1 aromatic heterocycles. The van der Waals surface area contributed by atoms with Crippen LogP contribution in [0.25, 0.3) is 0 Å². The van der Waals surface area contributed by atoms with E-state index in [9.17, 15) is 9.59 Å². The van der Waals surface area contributed by atoms with Crippen LogP contribution >= 0.6 is 0 Å². The van der Waals surface area contributed by atoms with Crippen molar-refractivity contribution in [3.05, 3.63) is 63.3 Å². The van der Waals surface area contributed by atoms with Crippen LogP contribution in [-0.4, -0.2) is 52.4 Å². The fourth-order valence-corrected chi connectivity index (χ4v) is 4.25. The third kappa shape index (κ3) is 3.41. The van der Waals surface area contributed by atoms with Gasteiger partial charge in [0, 0.05) is 31.5 Å². The van der Waals surface area contributed by atoms with Crippen LogP contribution in [0.3, 0.4) is 0 Å². The van der Waals surface area contributed by atoms with Gasteiger partial charge in [0.15, 0.2) is 0 Å². The van der Waals surface area contributed by atoms with Crippen LogP contribution in [0.1, 0.15) is 46.3 Å². The molecule has 0 radical (unpaired) electrons. The quantitative estimate of drug-likeness (QED) is 0.832. The molecule has 0 aliphatic carbocycles. The molecule has 6 heteroatoms. The monoisotopic (exact) mass is 366 g/mol. The number of fused-ring (bicyclic) bond motifs is 2. The molecule has 1 amide bonds. The van der Waals surface area contributed by atoms with Crippen molar-refractivity contribution < 1.29 is 4.79 Å². The summed E-state index contributed by atoms with van der Waals surface area (Å²) in [5, 5.41) is 0. The van der Waals surface area contributed by atoms with Gasteiger partial charge in [-0.25, -0.2) is 4.98 Å². The van der Waals surface area contributed by atoms with Gasteiger partial charge in [0.25, 0.3) is 11.5 Å². The van der Waals surface area contributed by atoms with Crippen molar-refractivity contribution in [1.82, 2.24) is 19.4 Å². The standard InChI is InChI=1S/C21H26N4O2/c1-23(2)13-16-9-6-10-19-22-18-11-12-24(14-17(18)21(27)25(16)19)20(26)15-7-4-3-5-8-15/h3-5,7-8,16H,6,9-14H2,1-2H3. The van der Waals surface area contributed by atoms with Gasteiger partial charge in [0.1, 0.15) is 5.82 Å². The zero-order valence-electron chi connectivity index (χ0n) is 16.0. The number of benzene rings is 1. The average Bonchev–Trinajstić information content (AvgIpc) is 2.67. The first-order valence-electron chi connectivity index (χ1n) is 9.67. The lowest BCUT2D eigenvalue weighted by Crippen LogP contribution is -2.44. The second-order valence-electron chi connectivity index (χ2n) is 7.78. The maximum Gasteiger partial charge on any atom is 0.259 e. The Balaban J connectivity index is 1.67. The molecule has 0 fully saturated rings. The molecule has 1 aromatic carbocycles. The van der Waals surface area contributed by atoms with Crippen molar-refractivity contribution in [3.63, 3.8) is 0 Å². The van der Waals surface area contributed by atoms with Gasteiger partial charge in [0.2, 0.25) is 0 Å². The fraction of sp³-hybridized carbons (Fsp3) is 0.476.